The summed E-state index contributed by atoms with van der Waals surface area (Å²) in [5.41, 5.74) is 0.284. The van der Waals surface area contributed by atoms with Crippen LogP contribution in [0.2, 0.25) is 0 Å². The molecule has 1 aromatic carbocycles. The lowest BCUT2D eigenvalue weighted by Crippen LogP contribution is -2.45. The third-order valence-electron chi connectivity index (χ3n) is 5.65. The first-order chi connectivity index (χ1) is 15.8. The van der Waals surface area contributed by atoms with Crippen molar-refractivity contribution in [3.05, 3.63) is 29.9 Å². The smallest absolute Gasteiger partial charge is 0.227 e. The number of nitrogens with one attached hydrogen (secondary N) is 3. The molecular weight excluding hydrogens is 426 g/mol. The van der Waals surface area contributed by atoms with Gasteiger partial charge in [-0.15, -0.1) is 0 Å². The van der Waals surface area contributed by atoms with Crippen LogP contribution in [0.3, 0.4) is 0 Å². The van der Waals surface area contributed by atoms with Gasteiger partial charge in [-0.3, -0.25) is 14.4 Å². The molecule has 33 heavy (non-hydrogen) atoms. The van der Waals surface area contributed by atoms with Gasteiger partial charge in [0.25, 0.3) is 0 Å². The second-order valence-electron chi connectivity index (χ2n) is 8.33. The second-order valence-corrected chi connectivity index (χ2v) is 8.33. The molecule has 0 atom stereocenters. The van der Waals surface area contributed by atoms with Gasteiger partial charge in [-0.05, 0) is 25.0 Å². The summed E-state index contributed by atoms with van der Waals surface area (Å²) < 4.78 is 10.6. The van der Waals surface area contributed by atoms with Gasteiger partial charge < -0.3 is 25.2 Å². The molecule has 0 aliphatic heterocycles. The van der Waals surface area contributed by atoms with Crippen LogP contribution in [0.4, 0.5) is 11.4 Å². The Hall–Kier alpha value is -3.43. The normalized spacial score (nSPS) is 15.2. The van der Waals surface area contributed by atoms with E-state index in [4.69, 9.17) is 9.26 Å². The molecule has 2 aromatic rings. The summed E-state index contributed by atoms with van der Waals surface area (Å²) in [6.45, 7) is 2.89. The molecule has 1 aromatic heterocycles. The van der Waals surface area contributed by atoms with Crippen LogP contribution in [0.1, 0.15) is 70.5 Å². The lowest BCUT2D eigenvalue weighted by atomic mass is 9.89. The highest BCUT2D eigenvalue weighted by molar-refractivity contribution is 5.99. The van der Waals surface area contributed by atoms with Gasteiger partial charge in [-0.2, -0.15) is 4.98 Å². The van der Waals surface area contributed by atoms with E-state index in [0.717, 1.165) is 38.5 Å². The van der Waals surface area contributed by atoms with Gasteiger partial charge >= 0.3 is 0 Å². The minimum Gasteiger partial charge on any atom is -0.497 e. The van der Waals surface area contributed by atoms with Crippen molar-refractivity contribution in [3.8, 4) is 5.75 Å². The van der Waals surface area contributed by atoms with Crippen LogP contribution in [-0.4, -0.2) is 35.0 Å². The summed E-state index contributed by atoms with van der Waals surface area (Å²) in [5.74, 6) is 0.697. The molecule has 0 spiro atoms. The average Bonchev–Trinajstić information content (AvgIpc) is 3.13. The summed E-state index contributed by atoms with van der Waals surface area (Å²) in [5, 5.41) is 12.7. The van der Waals surface area contributed by atoms with Gasteiger partial charge in [-0.1, -0.05) is 30.8 Å². The number of aromatic nitrogens is 2. The number of carbonyl (C=O) groups is 3. The van der Waals surface area contributed by atoms with Crippen molar-refractivity contribution in [3.63, 3.8) is 0 Å². The van der Waals surface area contributed by atoms with Crippen molar-refractivity contribution in [1.82, 2.24) is 15.5 Å². The molecule has 1 saturated carbocycles. The predicted octanol–water partition coefficient (Wildman–Crippen LogP) is 3.29. The van der Waals surface area contributed by atoms with Gasteiger partial charge in [0.1, 0.15) is 11.3 Å². The van der Waals surface area contributed by atoms with Crippen molar-refractivity contribution in [2.75, 3.05) is 17.7 Å². The molecule has 1 fully saturated rings. The maximum absolute atomic E-state index is 12.6. The van der Waals surface area contributed by atoms with Crippen molar-refractivity contribution < 1.29 is 23.6 Å². The summed E-state index contributed by atoms with van der Waals surface area (Å²) >= 11 is 0. The zero-order chi connectivity index (χ0) is 23.8. The fourth-order valence-electron chi connectivity index (χ4n) is 4.11. The van der Waals surface area contributed by atoms with Gasteiger partial charge in [0.05, 0.1) is 18.5 Å². The van der Waals surface area contributed by atoms with Crippen molar-refractivity contribution in [1.29, 1.82) is 0 Å². The minimum absolute atomic E-state index is 0.103. The second kappa shape index (κ2) is 10.9. The van der Waals surface area contributed by atoms with E-state index < -0.39 is 5.54 Å². The third kappa shape index (κ3) is 6.53. The van der Waals surface area contributed by atoms with Crippen molar-refractivity contribution in [2.45, 2.75) is 70.8 Å². The van der Waals surface area contributed by atoms with E-state index in [-0.39, 0.29) is 30.6 Å². The number of ether oxygens (including phenoxy) is 1. The molecule has 0 saturated heterocycles. The molecule has 0 bridgehead atoms. The maximum Gasteiger partial charge on any atom is 0.227 e. The van der Waals surface area contributed by atoms with E-state index in [1.54, 1.807) is 18.2 Å². The van der Waals surface area contributed by atoms with Crippen LogP contribution in [0.5, 0.6) is 5.75 Å². The number of rotatable bonds is 8. The molecule has 10 heteroatoms. The quantitative estimate of drug-likeness (QED) is 0.518. The molecule has 3 N–H and O–H groups in total. The summed E-state index contributed by atoms with van der Waals surface area (Å²) in [6.07, 6.45) is 6.03. The van der Waals surface area contributed by atoms with E-state index in [2.05, 4.69) is 26.1 Å². The summed E-state index contributed by atoms with van der Waals surface area (Å²) in [7, 11) is 1.52. The van der Waals surface area contributed by atoms with E-state index in [9.17, 15) is 14.4 Å². The topological polar surface area (TPSA) is 135 Å². The Kier molecular flexibility index (Phi) is 8.02. The molecule has 0 radical (unpaired) electrons. The number of amides is 3. The van der Waals surface area contributed by atoms with Gasteiger partial charge in [0, 0.05) is 32.8 Å². The van der Waals surface area contributed by atoms with Crippen LogP contribution >= 0.6 is 0 Å². The monoisotopic (exact) mass is 457 g/mol. The number of carbonyl (C=O) groups excluding carboxylic acids is 3. The SMILES string of the molecule is COc1ccc(NC(C)=O)c(NC(=O)CCc2nc(C3(NC(C)=O)CCCCCC3)no2)c1. The molecule has 1 aliphatic carbocycles. The minimum atomic E-state index is -0.625. The van der Waals surface area contributed by atoms with Crippen LogP contribution in [0.15, 0.2) is 22.7 Å². The van der Waals surface area contributed by atoms with Crippen LogP contribution in [-0.2, 0) is 26.3 Å². The molecule has 10 nitrogen and oxygen atoms in total. The Bertz CT molecular complexity index is 995. The number of hydrogen-bond donors (Lipinski definition) is 3. The first-order valence-corrected chi connectivity index (χ1v) is 11.2. The lowest BCUT2D eigenvalue weighted by Gasteiger charge is -2.30. The number of nitrogens with zero attached hydrogens (tertiary/aromatic N) is 2. The highest BCUT2D eigenvalue weighted by Crippen LogP contribution is 2.34. The largest absolute Gasteiger partial charge is 0.497 e. The first kappa shape index (κ1) is 24.2. The fourth-order valence-corrected chi connectivity index (χ4v) is 4.11. The Morgan fingerprint density at radius 2 is 1.76 bits per heavy atom. The number of methoxy groups -OCH3 is 1. The van der Waals surface area contributed by atoms with Gasteiger partial charge in [0.15, 0.2) is 5.82 Å². The van der Waals surface area contributed by atoms with Crippen molar-refractivity contribution in [2.24, 2.45) is 0 Å². The highest BCUT2D eigenvalue weighted by Gasteiger charge is 2.38. The Morgan fingerprint density at radius 1 is 1.03 bits per heavy atom. The van der Waals surface area contributed by atoms with E-state index in [1.807, 2.05) is 0 Å². The zero-order valence-corrected chi connectivity index (χ0v) is 19.3. The standard InChI is InChI=1S/C23H31N5O5/c1-15(29)24-18-9-8-17(32-3)14-19(18)25-20(31)10-11-21-26-22(28-33-21)23(27-16(2)30)12-6-4-5-7-13-23/h8-9,14H,4-7,10-13H2,1-3H3,(H,24,29)(H,25,31)(H,27,30). The van der Waals surface area contributed by atoms with Crippen molar-refractivity contribution >= 4 is 29.1 Å². The lowest BCUT2D eigenvalue weighted by molar-refractivity contribution is -0.121. The van der Waals surface area contributed by atoms with E-state index in [0.29, 0.717) is 28.8 Å². The number of benzene rings is 1. The van der Waals surface area contributed by atoms with E-state index >= 15 is 0 Å². The maximum atomic E-state index is 12.6. The Balaban J connectivity index is 1.67. The molecule has 178 valence electrons. The average molecular weight is 458 g/mol. The Labute approximate surface area is 192 Å². The molecule has 3 rings (SSSR count). The van der Waals surface area contributed by atoms with Gasteiger partial charge in [-0.25, -0.2) is 0 Å². The predicted molar refractivity (Wildman–Crippen MR) is 122 cm³/mol. The molecular formula is C23H31N5O5. The fraction of sp³-hybridized carbons (Fsp3) is 0.522. The van der Waals surface area contributed by atoms with Crippen LogP contribution in [0.25, 0.3) is 0 Å². The Morgan fingerprint density at radius 3 is 2.39 bits per heavy atom. The molecule has 1 aliphatic rings. The summed E-state index contributed by atoms with van der Waals surface area (Å²) in [4.78, 5) is 40.4. The number of aryl methyl sites for hydroxylation is 1. The molecule has 3 amide bonds. The summed E-state index contributed by atoms with van der Waals surface area (Å²) in [6, 6.07) is 4.99. The molecule has 0 unspecified atom stereocenters. The van der Waals surface area contributed by atoms with Crippen LogP contribution < -0.4 is 20.7 Å². The number of anilines is 2. The first-order valence-electron chi connectivity index (χ1n) is 11.2. The molecule has 1 heterocycles. The van der Waals surface area contributed by atoms with Gasteiger partial charge in [0.2, 0.25) is 23.6 Å². The number of hydrogen-bond acceptors (Lipinski definition) is 7. The van der Waals surface area contributed by atoms with Crippen LogP contribution in [0, 0.1) is 0 Å². The zero-order valence-electron chi connectivity index (χ0n) is 19.3. The highest BCUT2D eigenvalue weighted by atomic mass is 16.5. The van der Waals surface area contributed by atoms with E-state index in [1.165, 1.54) is 21.0 Å². The third-order valence-corrected chi connectivity index (χ3v) is 5.65.